The lowest BCUT2D eigenvalue weighted by molar-refractivity contribution is 1.21. The van der Waals surface area contributed by atoms with E-state index < -0.39 is 8.07 Å². The second kappa shape index (κ2) is 7.36. The number of hydrogen-bond donors (Lipinski definition) is 0. The van der Waals surface area contributed by atoms with E-state index in [1.807, 2.05) is 0 Å². The third-order valence-corrected chi connectivity index (χ3v) is 10.9. The molecule has 1 aliphatic rings. The minimum absolute atomic E-state index is 0.206. The van der Waals surface area contributed by atoms with Crippen LogP contribution in [0.25, 0.3) is 0 Å². The van der Waals surface area contributed by atoms with E-state index in [1.165, 1.54) is 15.6 Å². The monoisotopic (exact) mass is 368 g/mol. The molecule has 0 unspecified atom stereocenters. The summed E-state index contributed by atoms with van der Waals surface area (Å²) in [5, 5.41) is 4.03. The van der Waals surface area contributed by atoms with Crippen LogP contribution in [0.15, 0.2) is 115 Å². The van der Waals surface area contributed by atoms with Gasteiger partial charge in [-0.05, 0) is 15.6 Å². The van der Waals surface area contributed by atoms with Gasteiger partial charge in [0.1, 0.15) is 0 Å². The zero-order valence-corrected chi connectivity index (χ0v) is 16.3. The smallest absolute Gasteiger partial charge is 0.0923 e. The lowest BCUT2D eigenvalue weighted by atomic mass is 10.2. The van der Waals surface area contributed by atoms with Crippen LogP contribution in [0.3, 0.4) is 0 Å². The highest BCUT2D eigenvalue weighted by Crippen LogP contribution is 2.20. The Kier molecular flexibility index (Phi) is 4.78. The zero-order valence-electron chi connectivity index (χ0n) is 14.5. The standard InChI is InChI=1S/C24H20SSi/c25-24(20-12-10-11-13-20)26(21-14-4-1-5-15-21,22-16-6-2-7-17-22)23-18-8-3-9-19-23/h1-20H. The zero-order chi connectivity index (χ0) is 17.8. The molecule has 0 saturated heterocycles. The second-order valence-electron chi connectivity index (χ2n) is 6.51. The van der Waals surface area contributed by atoms with Gasteiger partial charge in [0.05, 0.1) is 0 Å². The number of thiocarbonyl (C=S) groups is 1. The van der Waals surface area contributed by atoms with Crippen molar-refractivity contribution in [2.45, 2.75) is 0 Å². The molecular formula is C24H20SSi. The molecule has 126 valence electrons. The maximum absolute atomic E-state index is 6.25. The van der Waals surface area contributed by atoms with Crippen molar-refractivity contribution in [3.8, 4) is 0 Å². The molecule has 26 heavy (non-hydrogen) atoms. The molecule has 0 fully saturated rings. The molecule has 2 heteroatoms. The first-order valence-corrected chi connectivity index (χ1v) is 11.3. The van der Waals surface area contributed by atoms with Crippen molar-refractivity contribution in [1.29, 1.82) is 0 Å². The van der Waals surface area contributed by atoms with Gasteiger partial charge in [-0.2, -0.15) is 0 Å². The molecule has 0 spiro atoms. The molecule has 0 nitrogen and oxygen atoms in total. The van der Waals surface area contributed by atoms with Crippen molar-refractivity contribution in [2.24, 2.45) is 5.92 Å². The van der Waals surface area contributed by atoms with Gasteiger partial charge in [-0.15, -0.1) is 0 Å². The summed E-state index contributed by atoms with van der Waals surface area (Å²) in [7, 11) is -2.46. The molecule has 0 radical (unpaired) electrons. The molecule has 0 N–H and O–H groups in total. The van der Waals surface area contributed by atoms with E-state index in [9.17, 15) is 0 Å². The number of allylic oxidation sites excluding steroid dienone is 4. The fourth-order valence-electron chi connectivity index (χ4n) is 3.85. The second-order valence-corrected chi connectivity index (χ2v) is 11.1. The Morgan fingerprint density at radius 2 is 0.923 bits per heavy atom. The average molecular weight is 369 g/mol. The van der Waals surface area contributed by atoms with Crippen LogP contribution in [0.1, 0.15) is 0 Å². The third-order valence-electron chi connectivity index (χ3n) is 5.04. The van der Waals surface area contributed by atoms with Crippen LogP contribution in [0.2, 0.25) is 0 Å². The van der Waals surface area contributed by atoms with Crippen LogP contribution in [0, 0.1) is 5.92 Å². The quantitative estimate of drug-likeness (QED) is 0.375. The van der Waals surface area contributed by atoms with Crippen molar-refractivity contribution in [1.82, 2.24) is 0 Å². The van der Waals surface area contributed by atoms with E-state index in [0.717, 1.165) is 4.49 Å². The molecule has 0 saturated carbocycles. The van der Waals surface area contributed by atoms with Crippen LogP contribution < -0.4 is 15.6 Å². The lowest BCUT2D eigenvalue weighted by Gasteiger charge is -2.36. The van der Waals surface area contributed by atoms with E-state index in [4.69, 9.17) is 12.2 Å². The van der Waals surface area contributed by atoms with Crippen LogP contribution in [-0.2, 0) is 0 Å². The van der Waals surface area contributed by atoms with Crippen LogP contribution >= 0.6 is 12.2 Å². The summed E-state index contributed by atoms with van der Waals surface area (Å²) >= 11 is 6.25. The Labute approximate surface area is 161 Å². The molecule has 1 aliphatic carbocycles. The van der Waals surface area contributed by atoms with E-state index >= 15 is 0 Å². The van der Waals surface area contributed by atoms with Gasteiger partial charge in [-0.3, -0.25) is 0 Å². The summed E-state index contributed by atoms with van der Waals surface area (Å²) in [6.07, 6.45) is 8.66. The first kappa shape index (κ1) is 16.9. The highest BCUT2D eigenvalue weighted by Gasteiger charge is 2.45. The Bertz CT molecular complexity index is 835. The molecule has 0 aliphatic heterocycles. The van der Waals surface area contributed by atoms with Crippen molar-refractivity contribution in [3.63, 3.8) is 0 Å². The molecule has 0 bridgehead atoms. The first-order chi connectivity index (χ1) is 12.8. The molecular weight excluding hydrogens is 348 g/mol. The molecule has 3 aromatic carbocycles. The van der Waals surface area contributed by atoms with Gasteiger partial charge < -0.3 is 0 Å². The highest BCUT2D eigenvalue weighted by molar-refractivity contribution is 7.86. The molecule has 3 aromatic rings. The maximum atomic E-state index is 6.25. The average Bonchev–Trinajstić information content (AvgIpc) is 3.26. The summed E-state index contributed by atoms with van der Waals surface area (Å²) in [6, 6.07) is 32.5. The van der Waals surface area contributed by atoms with E-state index in [-0.39, 0.29) is 5.92 Å². The van der Waals surface area contributed by atoms with Crippen molar-refractivity contribution >= 4 is 40.3 Å². The summed E-state index contributed by atoms with van der Waals surface area (Å²) in [4.78, 5) is 0. The third kappa shape index (κ3) is 2.81. The minimum atomic E-state index is -2.46. The SMILES string of the molecule is S=C(C1C=CC=C1)[Si](c1ccccc1)(c1ccccc1)c1ccccc1. The van der Waals surface area contributed by atoms with Gasteiger partial charge in [-0.1, -0.05) is 128 Å². The normalized spacial score (nSPS) is 13.8. The van der Waals surface area contributed by atoms with Crippen LogP contribution in [-0.4, -0.2) is 12.6 Å². The topological polar surface area (TPSA) is 0 Å². The predicted molar refractivity (Wildman–Crippen MR) is 118 cm³/mol. The van der Waals surface area contributed by atoms with E-state index in [2.05, 4.69) is 115 Å². The number of benzene rings is 3. The van der Waals surface area contributed by atoms with Gasteiger partial charge in [0.2, 0.25) is 0 Å². The Balaban J connectivity index is 2.05. The fraction of sp³-hybridized carbons (Fsp3) is 0.0417. The molecule has 0 atom stereocenters. The Hall–Kier alpha value is -2.55. The molecule has 0 aromatic heterocycles. The Morgan fingerprint density at radius 1 is 0.577 bits per heavy atom. The van der Waals surface area contributed by atoms with Gasteiger partial charge in [0.15, 0.2) is 8.07 Å². The van der Waals surface area contributed by atoms with E-state index in [0.29, 0.717) is 0 Å². The molecule has 4 rings (SSSR count). The summed E-state index contributed by atoms with van der Waals surface area (Å²) in [5.74, 6) is 0.206. The Morgan fingerprint density at radius 3 is 1.27 bits per heavy atom. The lowest BCUT2D eigenvalue weighted by Crippen LogP contribution is -2.73. The van der Waals surface area contributed by atoms with E-state index in [1.54, 1.807) is 0 Å². The minimum Gasteiger partial charge on any atom is -0.0923 e. The maximum Gasteiger partial charge on any atom is 0.188 e. The van der Waals surface area contributed by atoms with Crippen LogP contribution in [0.4, 0.5) is 0 Å². The summed E-state index contributed by atoms with van der Waals surface area (Å²) < 4.78 is 1.14. The molecule has 0 amide bonds. The van der Waals surface area contributed by atoms with Crippen molar-refractivity contribution < 1.29 is 0 Å². The number of hydrogen-bond acceptors (Lipinski definition) is 1. The summed E-state index contributed by atoms with van der Waals surface area (Å²) in [6.45, 7) is 0. The largest absolute Gasteiger partial charge is 0.188 e. The van der Waals surface area contributed by atoms with Crippen LogP contribution in [0.5, 0.6) is 0 Å². The number of rotatable bonds is 5. The fourth-order valence-corrected chi connectivity index (χ4v) is 9.69. The van der Waals surface area contributed by atoms with Crippen molar-refractivity contribution in [3.05, 3.63) is 115 Å². The van der Waals surface area contributed by atoms with Gasteiger partial charge in [-0.25, -0.2) is 0 Å². The highest BCUT2D eigenvalue weighted by atomic mass is 32.1. The van der Waals surface area contributed by atoms with Gasteiger partial charge >= 0.3 is 0 Å². The summed E-state index contributed by atoms with van der Waals surface area (Å²) in [5.41, 5.74) is 0. The molecule has 0 heterocycles. The van der Waals surface area contributed by atoms with Gasteiger partial charge in [0.25, 0.3) is 0 Å². The van der Waals surface area contributed by atoms with Crippen molar-refractivity contribution in [2.75, 3.05) is 0 Å². The van der Waals surface area contributed by atoms with Gasteiger partial charge in [0, 0.05) is 10.4 Å². The first-order valence-electron chi connectivity index (χ1n) is 8.89. The predicted octanol–water partition coefficient (Wildman–Crippen LogP) is 3.81.